The first kappa shape index (κ1) is 13.2. The van der Waals surface area contributed by atoms with Crippen LogP contribution in [0.3, 0.4) is 0 Å². The number of pyridine rings is 2. The zero-order chi connectivity index (χ0) is 14.8. The summed E-state index contributed by atoms with van der Waals surface area (Å²) in [7, 11) is 0. The largest absolute Gasteiger partial charge is 0.366 e. The van der Waals surface area contributed by atoms with Gasteiger partial charge in [0.25, 0.3) is 0 Å². The molecule has 0 bridgehead atoms. The van der Waals surface area contributed by atoms with Crippen molar-refractivity contribution >= 4 is 16.8 Å². The van der Waals surface area contributed by atoms with Crippen LogP contribution in [-0.4, -0.2) is 15.9 Å². The molecular weight excluding hydrogens is 262 g/mol. The van der Waals surface area contributed by atoms with Crippen molar-refractivity contribution in [1.82, 2.24) is 9.97 Å². The number of hydrogen-bond acceptors (Lipinski definition) is 3. The van der Waals surface area contributed by atoms with Crippen LogP contribution in [0.1, 0.15) is 27.3 Å². The second-order valence-corrected chi connectivity index (χ2v) is 5.06. The van der Waals surface area contributed by atoms with E-state index in [9.17, 15) is 4.79 Å². The molecular formula is C17H15N3O. The van der Waals surface area contributed by atoms with Crippen molar-refractivity contribution in [3.63, 3.8) is 0 Å². The SMILES string of the molecule is Cc1ccc2cc(Cc3cc(C(N)=O)ccn3)ccc2n1. The van der Waals surface area contributed by atoms with Gasteiger partial charge in [-0.3, -0.25) is 14.8 Å². The van der Waals surface area contributed by atoms with Gasteiger partial charge < -0.3 is 5.73 Å². The zero-order valence-corrected chi connectivity index (χ0v) is 11.7. The van der Waals surface area contributed by atoms with Gasteiger partial charge in [0.2, 0.25) is 5.91 Å². The van der Waals surface area contributed by atoms with E-state index in [1.165, 1.54) is 0 Å². The van der Waals surface area contributed by atoms with E-state index in [2.05, 4.69) is 22.1 Å². The van der Waals surface area contributed by atoms with Gasteiger partial charge in [-0.25, -0.2) is 0 Å². The van der Waals surface area contributed by atoms with Crippen LogP contribution in [0.5, 0.6) is 0 Å². The van der Waals surface area contributed by atoms with E-state index in [0.717, 1.165) is 27.9 Å². The quantitative estimate of drug-likeness (QED) is 0.800. The summed E-state index contributed by atoms with van der Waals surface area (Å²) in [4.78, 5) is 20.0. The number of nitrogens with zero attached hydrogens (tertiary/aromatic N) is 2. The molecule has 1 aromatic carbocycles. The Morgan fingerprint density at radius 2 is 2.00 bits per heavy atom. The lowest BCUT2D eigenvalue weighted by atomic mass is 10.0. The van der Waals surface area contributed by atoms with Gasteiger partial charge in [0, 0.05) is 35.0 Å². The summed E-state index contributed by atoms with van der Waals surface area (Å²) in [5.74, 6) is -0.433. The van der Waals surface area contributed by atoms with E-state index in [1.54, 1.807) is 18.3 Å². The van der Waals surface area contributed by atoms with E-state index < -0.39 is 5.91 Å². The Morgan fingerprint density at radius 3 is 2.81 bits per heavy atom. The first-order valence-electron chi connectivity index (χ1n) is 6.73. The molecule has 2 heterocycles. The molecule has 0 aliphatic carbocycles. The number of carbonyl (C=O) groups excluding carboxylic acids is 1. The summed E-state index contributed by atoms with van der Waals surface area (Å²) in [5.41, 5.74) is 9.72. The first-order valence-corrected chi connectivity index (χ1v) is 6.73. The second kappa shape index (κ2) is 5.32. The van der Waals surface area contributed by atoms with E-state index >= 15 is 0 Å². The molecule has 21 heavy (non-hydrogen) atoms. The average Bonchev–Trinajstić information content (AvgIpc) is 2.48. The van der Waals surface area contributed by atoms with Gasteiger partial charge in [0.1, 0.15) is 0 Å². The fourth-order valence-electron chi connectivity index (χ4n) is 2.32. The highest BCUT2D eigenvalue weighted by Gasteiger charge is 2.04. The molecule has 2 N–H and O–H groups in total. The number of aromatic nitrogens is 2. The Hall–Kier alpha value is -2.75. The van der Waals surface area contributed by atoms with E-state index in [0.29, 0.717) is 12.0 Å². The highest BCUT2D eigenvalue weighted by molar-refractivity contribution is 5.92. The molecule has 3 rings (SSSR count). The van der Waals surface area contributed by atoms with Gasteiger partial charge in [-0.2, -0.15) is 0 Å². The number of nitrogens with two attached hydrogens (primary N) is 1. The third-order valence-electron chi connectivity index (χ3n) is 3.38. The summed E-state index contributed by atoms with van der Waals surface area (Å²) in [5, 5.41) is 1.10. The van der Waals surface area contributed by atoms with Crippen molar-refractivity contribution < 1.29 is 4.79 Å². The molecule has 0 saturated heterocycles. The third-order valence-corrected chi connectivity index (χ3v) is 3.38. The normalized spacial score (nSPS) is 10.7. The van der Waals surface area contributed by atoms with Crippen LogP contribution in [-0.2, 0) is 6.42 Å². The maximum atomic E-state index is 11.2. The minimum Gasteiger partial charge on any atom is -0.366 e. The van der Waals surface area contributed by atoms with Crippen LogP contribution >= 0.6 is 0 Å². The van der Waals surface area contributed by atoms with Gasteiger partial charge in [0.15, 0.2) is 0 Å². The number of amides is 1. The number of aryl methyl sites for hydroxylation is 1. The molecule has 4 nitrogen and oxygen atoms in total. The highest BCUT2D eigenvalue weighted by Crippen LogP contribution is 2.17. The lowest BCUT2D eigenvalue weighted by Crippen LogP contribution is -2.11. The molecule has 4 heteroatoms. The number of hydrogen-bond donors (Lipinski definition) is 1. The summed E-state index contributed by atoms with van der Waals surface area (Å²) >= 11 is 0. The summed E-state index contributed by atoms with van der Waals surface area (Å²) < 4.78 is 0. The van der Waals surface area contributed by atoms with Crippen molar-refractivity contribution in [3.05, 3.63) is 71.2 Å². The summed E-state index contributed by atoms with van der Waals surface area (Å²) in [6, 6.07) is 13.6. The molecule has 0 radical (unpaired) electrons. The van der Waals surface area contributed by atoms with Crippen molar-refractivity contribution in [3.8, 4) is 0 Å². The highest BCUT2D eigenvalue weighted by atomic mass is 16.1. The topological polar surface area (TPSA) is 68.9 Å². The molecule has 0 aliphatic heterocycles. The standard InChI is InChI=1S/C17H15N3O/c1-11-2-4-13-8-12(3-5-16(13)20-11)9-15-10-14(17(18)21)6-7-19-15/h2-8,10H,9H2,1H3,(H2,18,21). The maximum absolute atomic E-state index is 11.2. The molecule has 0 saturated carbocycles. The first-order chi connectivity index (χ1) is 10.1. The summed E-state index contributed by atoms with van der Waals surface area (Å²) in [6.07, 6.45) is 2.27. The number of carbonyl (C=O) groups is 1. The van der Waals surface area contributed by atoms with Crippen LogP contribution in [0.25, 0.3) is 10.9 Å². The van der Waals surface area contributed by atoms with Crippen molar-refractivity contribution in [2.75, 3.05) is 0 Å². The molecule has 104 valence electrons. The lowest BCUT2D eigenvalue weighted by molar-refractivity contribution is 0.1000. The molecule has 1 amide bonds. The Morgan fingerprint density at radius 1 is 1.14 bits per heavy atom. The number of primary amides is 1. The van der Waals surface area contributed by atoms with Crippen LogP contribution < -0.4 is 5.73 Å². The fourth-order valence-corrected chi connectivity index (χ4v) is 2.32. The second-order valence-electron chi connectivity index (χ2n) is 5.06. The number of rotatable bonds is 3. The minimum absolute atomic E-state index is 0.433. The molecule has 0 unspecified atom stereocenters. The Balaban J connectivity index is 1.92. The zero-order valence-electron chi connectivity index (χ0n) is 11.7. The van der Waals surface area contributed by atoms with Crippen molar-refractivity contribution in [2.24, 2.45) is 5.73 Å². The van der Waals surface area contributed by atoms with Gasteiger partial charge in [-0.15, -0.1) is 0 Å². The number of fused-ring (bicyclic) bond motifs is 1. The smallest absolute Gasteiger partial charge is 0.248 e. The predicted molar refractivity (Wildman–Crippen MR) is 82.0 cm³/mol. The fraction of sp³-hybridized carbons (Fsp3) is 0.118. The van der Waals surface area contributed by atoms with E-state index in [-0.39, 0.29) is 0 Å². The predicted octanol–water partition coefficient (Wildman–Crippen LogP) is 2.63. The molecule has 0 aliphatic rings. The van der Waals surface area contributed by atoms with Gasteiger partial charge in [-0.1, -0.05) is 12.1 Å². The van der Waals surface area contributed by atoms with E-state index in [1.807, 2.05) is 25.1 Å². The van der Waals surface area contributed by atoms with Crippen molar-refractivity contribution in [2.45, 2.75) is 13.3 Å². The van der Waals surface area contributed by atoms with Crippen LogP contribution in [0.2, 0.25) is 0 Å². The van der Waals surface area contributed by atoms with Crippen LogP contribution in [0, 0.1) is 6.92 Å². The van der Waals surface area contributed by atoms with Crippen LogP contribution in [0.15, 0.2) is 48.7 Å². The monoisotopic (exact) mass is 277 g/mol. The van der Waals surface area contributed by atoms with Crippen molar-refractivity contribution in [1.29, 1.82) is 0 Å². The average molecular weight is 277 g/mol. The van der Waals surface area contributed by atoms with Gasteiger partial charge in [0.05, 0.1) is 5.52 Å². The Labute approximate surface area is 122 Å². The van der Waals surface area contributed by atoms with Gasteiger partial charge >= 0.3 is 0 Å². The minimum atomic E-state index is -0.433. The lowest BCUT2D eigenvalue weighted by Gasteiger charge is -2.05. The Bertz CT molecular complexity index is 827. The molecule has 2 aromatic heterocycles. The number of benzene rings is 1. The van der Waals surface area contributed by atoms with Gasteiger partial charge in [-0.05, 0) is 42.8 Å². The maximum Gasteiger partial charge on any atom is 0.248 e. The van der Waals surface area contributed by atoms with E-state index in [4.69, 9.17) is 5.73 Å². The summed E-state index contributed by atoms with van der Waals surface area (Å²) in [6.45, 7) is 1.98. The third kappa shape index (κ3) is 2.89. The van der Waals surface area contributed by atoms with Crippen LogP contribution in [0.4, 0.5) is 0 Å². The molecule has 0 atom stereocenters. The molecule has 0 fully saturated rings. The molecule has 3 aromatic rings. The Kier molecular flexibility index (Phi) is 3.36. The molecule has 0 spiro atoms.